The van der Waals surface area contributed by atoms with E-state index in [1.165, 1.54) is 22.9 Å². The van der Waals surface area contributed by atoms with Crippen LogP contribution in [-0.2, 0) is 6.54 Å². The second-order valence-electron chi connectivity index (χ2n) is 7.11. The largest absolute Gasteiger partial charge is 0.316 e. The lowest BCUT2D eigenvalue weighted by Gasteiger charge is -2.37. The molecule has 1 saturated heterocycles. The summed E-state index contributed by atoms with van der Waals surface area (Å²) in [4.78, 5) is 13.1. The Hall–Kier alpha value is -2.39. The van der Waals surface area contributed by atoms with Gasteiger partial charge in [-0.3, -0.25) is 4.79 Å². The highest BCUT2D eigenvalue weighted by molar-refractivity contribution is 5.87. The average molecular weight is 316 g/mol. The summed E-state index contributed by atoms with van der Waals surface area (Å²) >= 11 is 0. The van der Waals surface area contributed by atoms with Crippen LogP contribution in [0.5, 0.6) is 0 Å². The van der Waals surface area contributed by atoms with Crippen molar-refractivity contribution >= 4 is 10.8 Å². The quantitative estimate of drug-likeness (QED) is 0.747. The predicted molar refractivity (Wildman–Crippen MR) is 97.4 cm³/mol. The predicted octanol–water partition coefficient (Wildman–Crippen LogP) is 3.38. The van der Waals surface area contributed by atoms with Crippen LogP contribution in [0, 0.1) is 5.92 Å². The highest BCUT2D eigenvalue weighted by Gasteiger charge is 2.31. The van der Waals surface area contributed by atoms with E-state index in [9.17, 15) is 4.79 Å². The molecule has 2 aliphatic rings. The monoisotopic (exact) mass is 316 g/mol. The molecule has 3 heterocycles. The fraction of sp³-hybridized carbons (Fsp3) is 0.286. The first-order valence-corrected chi connectivity index (χ1v) is 8.73. The van der Waals surface area contributed by atoms with Gasteiger partial charge in [0.2, 0.25) is 0 Å². The molecule has 0 radical (unpaired) electrons. The Balaban J connectivity index is 1.66. The minimum Gasteiger partial charge on any atom is -0.316 e. The second-order valence-corrected chi connectivity index (χ2v) is 7.11. The molecular formula is C21H20N2O. The van der Waals surface area contributed by atoms with Crippen LogP contribution in [0.1, 0.15) is 18.0 Å². The van der Waals surface area contributed by atoms with Gasteiger partial charge in [-0.05, 0) is 53.4 Å². The zero-order chi connectivity index (χ0) is 16.1. The van der Waals surface area contributed by atoms with Crippen LogP contribution in [-0.4, -0.2) is 17.7 Å². The van der Waals surface area contributed by atoms with Crippen molar-refractivity contribution in [1.29, 1.82) is 0 Å². The molecule has 0 aliphatic carbocycles. The molecule has 2 atom stereocenters. The second kappa shape index (κ2) is 5.32. The summed E-state index contributed by atoms with van der Waals surface area (Å²) in [6, 6.07) is 18.8. The molecule has 2 bridgehead atoms. The van der Waals surface area contributed by atoms with Crippen molar-refractivity contribution in [3.8, 4) is 11.1 Å². The third kappa shape index (κ3) is 2.12. The standard InChI is InChI=1S/C21H20N2O/c24-21-19(17-6-5-15-3-1-2-4-16(15)10-17)7-8-20-18-9-14(11-22-12-18)13-23(20)21/h1-8,10,14,18,22H,9,11-13H2/t14-,18+/m0/s1. The van der Waals surface area contributed by atoms with Crippen LogP contribution in [0.15, 0.2) is 59.4 Å². The number of rotatable bonds is 1. The number of aromatic nitrogens is 1. The maximum Gasteiger partial charge on any atom is 0.258 e. The molecule has 2 aliphatic heterocycles. The zero-order valence-corrected chi connectivity index (χ0v) is 13.5. The molecule has 0 unspecified atom stereocenters. The molecule has 0 amide bonds. The highest BCUT2D eigenvalue weighted by Crippen LogP contribution is 2.33. The van der Waals surface area contributed by atoms with Gasteiger partial charge in [-0.1, -0.05) is 36.4 Å². The Bertz CT molecular complexity index is 989. The maximum atomic E-state index is 13.1. The number of benzene rings is 2. The summed E-state index contributed by atoms with van der Waals surface area (Å²) in [5, 5.41) is 5.89. The Labute approximate surface area is 140 Å². The van der Waals surface area contributed by atoms with Gasteiger partial charge in [0.15, 0.2) is 0 Å². The van der Waals surface area contributed by atoms with Crippen LogP contribution in [0.3, 0.4) is 0 Å². The Morgan fingerprint density at radius 3 is 2.75 bits per heavy atom. The molecule has 1 aromatic heterocycles. The summed E-state index contributed by atoms with van der Waals surface area (Å²) in [7, 11) is 0. The first-order chi connectivity index (χ1) is 11.8. The summed E-state index contributed by atoms with van der Waals surface area (Å²) in [5.41, 5.74) is 3.20. The van der Waals surface area contributed by atoms with Gasteiger partial charge in [0.05, 0.1) is 0 Å². The van der Waals surface area contributed by atoms with Gasteiger partial charge in [-0.15, -0.1) is 0 Å². The van der Waals surface area contributed by atoms with E-state index in [0.717, 1.165) is 30.8 Å². The number of fused-ring (bicyclic) bond motifs is 5. The minimum atomic E-state index is 0.166. The molecule has 1 N–H and O–H groups in total. The molecule has 0 spiro atoms. The molecule has 3 nitrogen and oxygen atoms in total. The smallest absolute Gasteiger partial charge is 0.258 e. The van der Waals surface area contributed by atoms with Gasteiger partial charge < -0.3 is 9.88 Å². The molecule has 3 heteroatoms. The van der Waals surface area contributed by atoms with E-state index in [1.807, 2.05) is 22.8 Å². The number of piperidine rings is 1. The van der Waals surface area contributed by atoms with E-state index in [-0.39, 0.29) is 5.56 Å². The summed E-state index contributed by atoms with van der Waals surface area (Å²) < 4.78 is 2.03. The number of nitrogens with one attached hydrogen (secondary N) is 1. The summed E-state index contributed by atoms with van der Waals surface area (Å²) in [6.45, 7) is 2.87. The zero-order valence-electron chi connectivity index (χ0n) is 13.5. The van der Waals surface area contributed by atoms with Crippen LogP contribution >= 0.6 is 0 Å². The van der Waals surface area contributed by atoms with Gasteiger partial charge in [-0.2, -0.15) is 0 Å². The minimum absolute atomic E-state index is 0.166. The fourth-order valence-electron chi connectivity index (χ4n) is 4.37. The molecule has 1 fully saturated rings. The Morgan fingerprint density at radius 2 is 1.83 bits per heavy atom. The average Bonchev–Trinajstić information content (AvgIpc) is 2.63. The number of nitrogens with zero attached hydrogens (tertiary/aromatic N) is 1. The summed E-state index contributed by atoms with van der Waals surface area (Å²) in [5.74, 6) is 1.07. The fourth-order valence-corrected chi connectivity index (χ4v) is 4.37. The van der Waals surface area contributed by atoms with E-state index in [4.69, 9.17) is 0 Å². The van der Waals surface area contributed by atoms with Crippen molar-refractivity contribution in [2.75, 3.05) is 13.1 Å². The van der Waals surface area contributed by atoms with Crippen molar-refractivity contribution in [3.63, 3.8) is 0 Å². The van der Waals surface area contributed by atoms with Crippen molar-refractivity contribution in [1.82, 2.24) is 9.88 Å². The van der Waals surface area contributed by atoms with Crippen molar-refractivity contribution < 1.29 is 0 Å². The Kier molecular flexibility index (Phi) is 3.10. The van der Waals surface area contributed by atoms with Crippen molar-refractivity contribution in [2.24, 2.45) is 5.92 Å². The van der Waals surface area contributed by atoms with E-state index >= 15 is 0 Å². The number of pyridine rings is 1. The maximum absolute atomic E-state index is 13.1. The highest BCUT2D eigenvalue weighted by atomic mass is 16.1. The van der Waals surface area contributed by atoms with Crippen molar-refractivity contribution in [3.05, 3.63) is 70.6 Å². The first kappa shape index (κ1) is 14.0. The Morgan fingerprint density at radius 1 is 0.958 bits per heavy atom. The molecule has 5 rings (SSSR count). The lowest BCUT2D eigenvalue weighted by molar-refractivity contribution is 0.257. The third-order valence-corrected chi connectivity index (χ3v) is 5.57. The summed E-state index contributed by atoms with van der Waals surface area (Å²) in [6.07, 6.45) is 1.21. The number of hydrogen-bond acceptors (Lipinski definition) is 2. The topological polar surface area (TPSA) is 34.0 Å². The number of hydrogen-bond donors (Lipinski definition) is 1. The van der Waals surface area contributed by atoms with Crippen LogP contribution < -0.4 is 10.9 Å². The molecule has 120 valence electrons. The van der Waals surface area contributed by atoms with Crippen molar-refractivity contribution in [2.45, 2.75) is 18.9 Å². The first-order valence-electron chi connectivity index (χ1n) is 8.73. The van der Waals surface area contributed by atoms with E-state index < -0.39 is 0 Å². The molecule has 2 aromatic carbocycles. The van der Waals surface area contributed by atoms with Crippen LogP contribution in [0.4, 0.5) is 0 Å². The van der Waals surface area contributed by atoms with E-state index in [0.29, 0.717) is 11.8 Å². The molecule has 3 aromatic rings. The lowest BCUT2D eigenvalue weighted by atomic mass is 9.84. The molecular weight excluding hydrogens is 296 g/mol. The molecule has 24 heavy (non-hydrogen) atoms. The van der Waals surface area contributed by atoms with Gasteiger partial charge in [0.25, 0.3) is 5.56 Å². The molecule has 0 saturated carbocycles. The van der Waals surface area contributed by atoms with Gasteiger partial charge in [0.1, 0.15) is 0 Å². The normalized spacial score (nSPS) is 22.3. The van der Waals surface area contributed by atoms with Crippen LogP contribution in [0.25, 0.3) is 21.9 Å². The van der Waals surface area contributed by atoms with Gasteiger partial charge >= 0.3 is 0 Å². The van der Waals surface area contributed by atoms with Gasteiger partial charge in [0, 0.05) is 30.3 Å². The van der Waals surface area contributed by atoms with Gasteiger partial charge in [-0.25, -0.2) is 0 Å². The third-order valence-electron chi connectivity index (χ3n) is 5.57. The van der Waals surface area contributed by atoms with E-state index in [1.54, 1.807) is 0 Å². The SMILES string of the molecule is O=c1c(-c2ccc3ccccc3c2)ccc2n1C[C@@H]1CNC[C@H]2C1. The van der Waals surface area contributed by atoms with E-state index in [2.05, 4.69) is 41.7 Å². The van der Waals surface area contributed by atoms with Crippen LogP contribution in [0.2, 0.25) is 0 Å². The lowest BCUT2D eigenvalue weighted by Crippen LogP contribution is -2.45.